The molecular formula is C24H32N4O. The van der Waals surface area contributed by atoms with Crippen LogP contribution in [0.3, 0.4) is 0 Å². The van der Waals surface area contributed by atoms with Gasteiger partial charge >= 0.3 is 0 Å². The zero-order valence-electron chi connectivity index (χ0n) is 17.8. The van der Waals surface area contributed by atoms with Gasteiger partial charge in [-0.25, -0.2) is 4.99 Å². The highest BCUT2D eigenvalue weighted by atomic mass is 16.2. The van der Waals surface area contributed by atoms with Crippen LogP contribution in [0.1, 0.15) is 36.7 Å². The van der Waals surface area contributed by atoms with E-state index >= 15 is 0 Å². The summed E-state index contributed by atoms with van der Waals surface area (Å²) in [5.74, 6) is 1.06. The zero-order chi connectivity index (χ0) is 20.6. The molecule has 0 aromatic heterocycles. The van der Waals surface area contributed by atoms with Crippen LogP contribution in [-0.4, -0.2) is 72.3 Å². The lowest BCUT2D eigenvalue weighted by Gasteiger charge is -2.36. The summed E-state index contributed by atoms with van der Waals surface area (Å²) in [7, 11) is 0. The maximum atomic E-state index is 12.6. The number of para-hydroxylation sites is 1. The van der Waals surface area contributed by atoms with Gasteiger partial charge in [0, 0.05) is 50.4 Å². The number of hydrogen-bond acceptors (Lipinski definition) is 3. The Morgan fingerprint density at radius 2 is 1.45 bits per heavy atom. The van der Waals surface area contributed by atoms with Crippen molar-refractivity contribution in [2.24, 2.45) is 4.99 Å². The quantitative estimate of drug-likeness (QED) is 0.553. The van der Waals surface area contributed by atoms with E-state index in [1.165, 1.54) is 0 Å². The fraction of sp³-hybridized carbons (Fsp3) is 0.417. The lowest BCUT2D eigenvalue weighted by Crippen LogP contribution is -2.48. The van der Waals surface area contributed by atoms with E-state index in [0.717, 1.165) is 68.5 Å². The van der Waals surface area contributed by atoms with Crippen molar-refractivity contribution in [2.75, 3.05) is 45.8 Å². The molecule has 2 aromatic carbocycles. The van der Waals surface area contributed by atoms with Gasteiger partial charge in [0.2, 0.25) is 0 Å². The summed E-state index contributed by atoms with van der Waals surface area (Å²) in [6.45, 7) is 12.8. The van der Waals surface area contributed by atoms with Gasteiger partial charge in [0.25, 0.3) is 5.91 Å². The van der Waals surface area contributed by atoms with Crippen molar-refractivity contribution < 1.29 is 4.79 Å². The predicted molar refractivity (Wildman–Crippen MR) is 120 cm³/mol. The minimum atomic E-state index is 0.0830. The van der Waals surface area contributed by atoms with Crippen LogP contribution in [0.15, 0.2) is 59.6 Å². The van der Waals surface area contributed by atoms with Gasteiger partial charge < -0.3 is 14.7 Å². The molecule has 1 heterocycles. The first-order valence-corrected chi connectivity index (χ1v) is 10.7. The minimum Gasteiger partial charge on any atom is -0.354 e. The Hall–Kier alpha value is -2.66. The maximum Gasteiger partial charge on any atom is 0.253 e. The number of rotatable bonds is 6. The lowest BCUT2D eigenvalue weighted by molar-refractivity contribution is 0.0773. The molecule has 1 saturated heterocycles. The second-order valence-corrected chi connectivity index (χ2v) is 7.25. The number of amides is 1. The zero-order valence-corrected chi connectivity index (χ0v) is 17.8. The first-order chi connectivity index (χ1) is 14.2. The van der Waals surface area contributed by atoms with E-state index in [-0.39, 0.29) is 5.91 Å². The van der Waals surface area contributed by atoms with Crippen molar-refractivity contribution in [1.29, 1.82) is 0 Å². The maximum absolute atomic E-state index is 12.6. The number of aliphatic imine (C=N–C) groups is 1. The molecule has 0 bridgehead atoms. The topological polar surface area (TPSA) is 39.1 Å². The standard InChI is InChI=1S/C24H32N4O/c1-4-26-16-18-28(19-17-26)23(25-22-10-8-7-9-11-22)20-12-14-21(15-13-20)24(29)27(5-2)6-3/h7-15H,4-6,16-19H2,1-3H3/b25-23+. The Kier molecular flexibility index (Phi) is 7.42. The molecule has 154 valence electrons. The van der Waals surface area contributed by atoms with Crippen molar-refractivity contribution in [2.45, 2.75) is 20.8 Å². The van der Waals surface area contributed by atoms with Crippen molar-refractivity contribution in [1.82, 2.24) is 14.7 Å². The Bertz CT molecular complexity index is 805. The van der Waals surface area contributed by atoms with Crippen molar-refractivity contribution in [3.63, 3.8) is 0 Å². The molecule has 0 atom stereocenters. The van der Waals surface area contributed by atoms with E-state index in [1.807, 2.05) is 73.3 Å². The third-order valence-corrected chi connectivity index (χ3v) is 5.55. The van der Waals surface area contributed by atoms with Gasteiger partial charge in [-0.05, 0) is 44.7 Å². The Morgan fingerprint density at radius 1 is 0.862 bits per heavy atom. The van der Waals surface area contributed by atoms with Gasteiger partial charge in [0.15, 0.2) is 0 Å². The Labute approximate surface area is 174 Å². The van der Waals surface area contributed by atoms with E-state index in [4.69, 9.17) is 4.99 Å². The van der Waals surface area contributed by atoms with Crippen LogP contribution in [-0.2, 0) is 0 Å². The van der Waals surface area contributed by atoms with Crippen LogP contribution < -0.4 is 0 Å². The van der Waals surface area contributed by atoms with Gasteiger partial charge in [-0.3, -0.25) is 4.79 Å². The molecule has 29 heavy (non-hydrogen) atoms. The normalized spacial score (nSPS) is 15.4. The van der Waals surface area contributed by atoms with Gasteiger partial charge in [-0.15, -0.1) is 0 Å². The van der Waals surface area contributed by atoms with Crippen LogP contribution >= 0.6 is 0 Å². The highest BCUT2D eigenvalue weighted by molar-refractivity contribution is 6.01. The fourth-order valence-electron chi connectivity index (χ4n) is 3.67. The number of amidine groups is 1. The third-order valence-electron chi connectivity index (χ3n) is 5.55. The van der Waals surface area contributed by atoms with Crippen molar-refractivity contribution in [3.8, 4) is 0 Å². The number of hydrogen-bond donors (Lipinski definition) is 0. The second-order valence-electron chi connectivity index (χ2n) is 7.25. The number of carbonyl (C=O) groups is 1. The van der Waals surface area contributed by atoms with Crippen molar-refractivity contribution >= 4 is 17.4 Å². The van der Waals surface area contributed by atoms with Crippen molar-refractivity contribution in [3.05, 3.63) is 65.7 Å². The van der Waals surface area contributed by atoms with Gasteiger partial charge in [-0.2, -0.15) is 0 Å². The predicted octanol–water partition coefficient (Wildman–Crippen LogP) is 3.88. The average molecular weight is 393 g/mol. The summed E-state index contributed by atoms with van der Waals surface area (Å²) < 4.78 is 0. The van der Waals surface area contributed by atoms with Crippen LogP contribution in [0.4, 0.5) is 5.69 Å². The van der Waals surface area contributed by atoms with E-state index in [1.54, 1.807) is 0 Å². The molecule has 0 aliphatic carbocycles. The van der Waals surface area contributed by atoms with Crippen LogP contribution in [0.2, 0.25) is 0 Å². The molecule has 1 amide bonds. The number of benzene rings is 2. The highest BCUT2D eigenvalue weighted by Crippen LogP contribution is 2.18. The number of piperazine rings is 1. The molecule has 0 unspecified atom stereocenters. The number of nitrogens with zero attached hydrogens (tertiary/aromatic N) is 4. The molecule has 0 N–H and O–H groups in total. The summed E-state index contributed by atoms with van der Waals surface area (Å²) >= 11 is 0. The molecule has 1 fully saturated rings. The first-order valence-electron chi connectivity index (χ1n) is 10.7. The average Bonchev–Trinajstić information content (AvgIpc) is 2.79. The molecule has 3 rings (SSSR count). The SMILES string of the molecule is CCN1CCN(/C(=N/c2ccccc2)c2ccc(C(=O)N(CC)CC)cc2)CC1. The molecule has 1 aliphatic rings. The van der Waals surface area contributed by atoms with Gasteiger partial charge in [-0.1, -0.05) is 37.3 Å². The molecule has 5 nitrogen and oxygen atoms in total. The molecule has 1 aliphatic heterocycles. The van der Waals surface area contributed by atoms with Crippen LogP contribution in [0.5, 0.6) is 0 Å². The number of likely N-dealkylation sites (N-methyl/N-ethyl adjacent to an activating group) is 1. The Morgan fingerprint density at radius 3 is 2.00 bits per heavy atom. The number of carbonyl (C=O) groups excluding carboxylic acids is 1. The summed E-state index contributed by atoms with van der Waals surface area (Å²) in [4.78, 5) is 24.3. The molecule has 0 saturated carbocycles. The smallest absolute Gasteiger partial charge is 0.253 e. The molecule has 5 heteroatoms. The van der Waals surface area contributed by atoms with E-state index < -0.39 is 0 Å². The van der Waals surface area contributed by atoms with Crippen LogP contribution in [0.25, 0.3) is 0 Å². The minimum absolute atomic E-state index is 0.0830. The molecule has 2 aromatic rings. The molecular weight excluding hydrogens is 360 g/mol. The van der Waals surface area contributed by atoms with E-state index in [9.17, 15) is 4.79 Å². The Balaban J connectivity index is 1.88. The molecule has 0 radical (unpaired) electrons. The van der Waals surface area contributed by atoms with Gasteiger partial charge in [0.1, 0.15) is 5.84 Å². The molecule has 0 spiro atoms. The first kappa shape index (κ1) is 21.1. The largest absolute Gasteiger partial charge is 0.354 e. The summed E-state index contributed by atoms with van der Waals surface area (Å²) in [5.41, 5.74) is 2.73. The second kappa shape index (κ2) is 10.2. The summed E-state index contributed by atoms with van der Waals surface area (Å²) in [5, 5.41) is 0. The van der Waals surface area contributed by atoms with E-state index in [2.05, 4.69) is 16.7 Å². The third kappa shape index (κ3) is 5.24. The van der Waals surface area contributed by atoms with Gasteiger partial charge in [0.05, 0.1) is 5.69 Å². The summed E-state index contributed by atoms with van der Waals surface area (Å²) in [6, 6.07) is 18.0. The fourth-order valence-corrected chi connectivity index (χ4v) is 3.67. The van der Waals surface area contributed by atoms with Crippen LogP contribution in [0, 0.1) is 0 Å². The lowest BCUT2D eigenvalue weighted by atomic mass is 10.1. The summed E-state index contributed by atoms with van der Waals surface area (Å²) in [6.07, 6.45) is 0. The monoisotopic (exact) mass is 392 g/mol. The highest BCUT2D eigenvalue weighted by Gasteiger charge is 2.21. The van der Waals surface area contributed by atoms with E-state index in [0.29, 0.717) is 0 Å².